The van der Waals surface area contributed by atoms with Crippen molar-refractivity contribution < 1.29 is 4.74 Å². The molecule has 1 aromatic heterocycles. The number of anilines is 1. The van der Waals surface area contributed by atoms with Crippen molar-refractivity contribution in [3.63, 3.8) is 0 Å². The summed E-state index contributed by atoms with van der Waals surface area (Å²) in [6, 6.07) is 3.85. The van der Waals surface area contributed by atoms with E-state index in [0.29, 0.717) is 13.2 Å². The molecular formula is C9H15N3O. The molecule has 1 rings (SSSR count). The molecule has 3 N–H and O–H groups in total. The molecule has 0 amide bonds. The number of nitrogens with two attached hydrogens (primary N) is 1. The number of rotatable bonds is 5. The van der Waals surface area contributed by atoms with Crippen LogP contribution in [0.2, 0.25) is 0 Å². The summed E-state index contributed by atoms with van der Waals surface area (Å²) >= 11 is 0. The quantitative estimate of drug-likeness (QED) is 0.653. The summed E-state index contributed by atoms with van der Waals surface area (Å²) < 4.78 is 4.92. The van der Waals surface area contributed by atoms with Gasteiger partial charge in [0.25, 0.3) is 0 Å². The summed E-state index contributed by atoms with van der Waals surface area (Å²) in [6.45, 7) is 1.91. The lowest BCUT2D eigenvalue weighted by molar-refractivity contribution is 0.210. The van der Waals surface area contributed by atoms with E-state index in [9.17, 15) is 0 Å². The van der Waals surface area contributed by atoms with Gasteiger partial charge in [-0.05, 0) is 12.1 Å². The number of nitrogens with zero attached hydrogens (tertiary/aromatic N) is 1. The van der Waals surface area contributed by atoms with Crippen molar-refractivity contribution >= 4 is 5.69 Å². The lowest BCUT2D eigenvalue weighted by Gasteiger charge is -2.08. The normalized spacial score (nSPS) is 10.0. The Labute approximate surface area is 78.1 Å². The predicted octanol–water partition coefficient (Wildman–Crippen LogP) is 0.599. The molecule has 0 radical (unpaired) electrons. The highest BCUT2D eigenvalue weighted by atomic mass is 16.5. The first-order valence-corrected chi connectivity index (χ1v) is 4.25. The monoisotopic (exact) mass is 181 g/mol. The lowest BCUT2D eigenvalue weighted by atomic mass is 10.3. The van der Waals surface area contributed by atoms with Crippen LogP contribution in [0.1, 0.15) is 5.69 Å². The van der Waals surface area contributed by atoms with Crippen LogP contribution in [0, 0.1) is 0 Å². The van der Waals surface area contributed by atoms with Gasteiger partial charge in [-0.3, -0.25) is 4.98 Å². The van der Waals surface area contributed by atoms with Crippen molar-refractivity contribution in [2.24, 2.45) is 5.73 Å². The number of aromatic nitrogens is 1. The van der Waals surface area contributed by atoms with Crippen LogP contribution in [0.15, 0.2) is 18.3 Å². The second-order valence-electron chi connectivity index (χ2n) is 2.62. The molecule has 0 bridgehead atoms. The minimum atomic E-state index is 0.455. The van der Waals surface area contributed by atoms with E-state index in [2.05, 4.69) is 10.3 Å². The van der Waals surface area contributed by atoms with Crippen LogP contribution in [0.5, 0.6) is 0 Å². The Kier molecular flexibility index (Phi) is 4.21. The summed E-state index contributed by atoms with van der Waals surface area (Å²) in [5, 5.41) is 3.20. The second kappa shape index (κ2) is 5.50. The van der Waals surface area contributed by atoms with E-state index in [1.54, 1.807) is 13.3 Å². The lowest BCUT2D eigenvalue weighted by Crippen LogP contribution is -2.11. The molecule has 4 heteroatoms. The zero-order valence-electron chi connectivity index (χ0n) is 7.79. The van der Waals surface area contributed by atoms with Gasteiger partial charge in [0.2, 0.25) is 0 Å². The highest BCUT2D eigenvalue weighted by Gasteiger charge is 1.98. The number of hydrogen-bond acceptors (Lipinski definition) is 4. The van der Waals surface area contributed by atoms with Gasteiger partial charge in [-0.25, -0.2) is 0 Å². The van der Waals surface area contributed by atoms with Gasteiger partial charge in [-0.15, -0.1) is 0 Å². The number of pyridine rings is 1. The molecule has 4 nitrogen and oxygen atoms in total. The molecule has 0 aromatic carbocycles. The van der Waals surface area contributed by atoms with E-state index in [1.165, 1.54) is 0 Å². The number of ether oxygens (including phenoxy) is 1. The highest BCUT2D eigenvalue weighted by molar-refractivity contribution is 5.47. The van der Waals surface area contributed by atoms with Crippen molar-refractivity contribution in [2.75, 3.05) is 25.6 Å². The average Bonchev–Trinajstić information content (AvgIpc) is 2.19. The third kappa shape index (κ3) is 3.01. The maximum absolute atomic E-state index is 5.52. The van der Waals surface area contributed by atoms with Crippen molar-refractivity contribution in [3.8, 4) is 0 Å². The van der Waals surface area contributed by atoms with E-state index in [4.69, 9.17) is 10.5 Å². The van der Waals surface area contributed by atoms with Crippen LogP contribution in [0.25, 0.3) is 0 Å². The van der Waals surface area contributed by atoms with Crippen LogP contribution in [0.4, 0.5) is 5.69 Å². The van der Waals surface area contributed by atoms with E-state index in [0.717, 1.165) is 17.9 Å². The van der Waals surface area contributed by atoms with Gasteiger partial charge in [-0.2, -0.15) is 0 Å². The largest absolute Gasteiger partial charge is 0.383 e. The Balaban J connectivity index is 2.54. The summed E-state index contributed by atoms with van der Waals surface area (Å²) in [6.07, 6.45) is 1.74. The van der Waals surface area contributed by atoms with Crippen LogP contribution in [-0.4, -0.2) is 25.2 Å². The number of methoxy groups -OCH3 is 1. The SMILES string of the molecule is COCCNc1cccnc1CN. The summed E-state index contributed by atoms with van der Waals surface area (Å²) in [5.74, 6) is 0. The summed E-state index contributed by atoms with van der Waals surface area (Å²) in [7, 11) is 1.68. The molecule has 0 spiro atoms. The molecule has 13 heavy (non-hydrogen) atoms. The van der Waals surface area contributed by atoms with Gasteiger partial charge >= 0.3 is 0 Å². The molecule has 1 aromatic rings. The third-order valence-electron chi connectivity index (χ3n) is 1.71. The Morgan fingerprint density at radius 2 is 2.46 bits per heavy atom. The fraction of sp³-hybridized carbons (Fsp3) is 0.444. The van der Waals surface area contributed by atoms with Gasteiger partial charge in [0.05, 0.1) is 18.0 Å². The van der Waals surface area contributed by atoms with E-state index < -0.39 is 0 Å². The smallest absolute Gasteiger partial charge is 0.0770 e. The third-order valence-corrected chi connectivity index (χ3v) is 1.71. The molecule has 0 fully saturated rings. The van der Waals surface area contributed by atoms with Gasteiger partial charge in [0.15, 0.2) is 0 Å². The van der Waals surface area contributed by atoms with E-state index >= 15 is 0 Å². The zero-order chi connectivity index (χ0) is 9.52. The zero-order valence-corrected chi connectivity index (χ0v) is 7.79. The molecular weight excluding hydrogens is 166 g/mol. The summed E-state index contributed by atoms with van der Waals surface area (Å²) in [5.41, 5.74) is 7.40. The highest BCUT2D eigenvalue weighted by Crippen LogP contribution is 2.10. The molecule has 0 saturated heterocycles. The van der Waals surface area contributed by atoms with E-state index in [-0.39, 0.29) is 0 Å². The van der Waals surface area contributed by atoms with Crippen LogP contribution in [-0.2, 0) is 11.3 Å². The maximum Gasteiger partial charge on any atom is 0.0770 e. The maximum atomic E-state index is 5.52. The van der Waals surface area contributed by atoms with E-state index in [1.807, 2.05) is 12.1 Å². The molecule has 72 valence electrons. The Morgan fingerprint density at radius 1 is 1.62 bits per heavy atom. The summed E-state index contributed by atoms with van der Waals surface area (Å²) in [4.78, 5) is 4.15. The minimum Gasteiger partial charge on any atom is -0.383 e. The standard InChI is InChI=1S/C9H15N3O/c1-13-6-5-12-8-3-2-4-11-9(8)7-10/h2-4,12H,5-7,10H2,1H3. The fourth-order valence-corrected chi connectivity index (χ4v) is 1.05. The molecule has 0 atom stereocenters. The van der Waals surface area contributed by atoms with Crippen molar-refractivity contribution in [2.45, 2.75) is 6.54 Å². The second-order valence-corrected chi connectivity index (χ2v) is 2.62. The Bertz CT molecular complexity index is 252. The van der Waals surface area contributed by atoms with Gasteiger partial charge in [0, 0.05) is 26.4 Å². The van der Waals surface area contributed by atoms with Gasteiger partial charge in [0.1, 0.15) is 0 Å². The van der Waals surface area contributed by atoms with Crippen LogP contribution < -0.4 is 11.1 Å². The Morgan fingerprint density at radius 3 is 3.15 bits per heavy atom. The molecule has 0 aliphatic carbocycles. The Hall–Kier alpha value is -1.13. The first-order valence-electron chi connectivity index (χ1n) is 4.25. The molecule has 0 aliphatic heterocycles. The van der Waals surface area contributed by atoms with Crippen LogP contribution in [0.3, 0.4) is 0 Å². The molecule has 1 heterocycles. The fourth-order valence-electron chi connectivity index (χ4n) is 1.05. The minimum absolute atomic E-state index is 0.455. The first-order chi connectivity index (χ1) is 6.38. The number of hydrogen-bond donors (Lipinski definition) is 2. The van der Waals surface area contributed by atoms with Crippen molar-refractivity contribution in [1.29, 1.82) is 0 Å². The van der Waals surface area contributed by atoms with Crippen LogP contribution >= 0.6 is 0 Å². The van der Waals surface area contributed by atoms with Gasteiger partial charge < -0.3 is 15.8 Å². The van der Waals surface area contributed by atoms with Crippen molar-refractivity contribution in [3.05, 3.63) is 24.0 Å². The predicted molar refractivity (Wildman–Crippen MR) is 52.5 cm³/mol. The average molecular weight is 181 g/mol. The number of nitrogens with one attached hydrogen (secondary N) is 1. The van der Waals surface area contributed by atoms with Gasteiger partial charge in [-0.1, -0.05) is 0 Å². The molecule has 0 unspecified atom stereocenters. The molecule has 0 saturated carbocycles. The first kappa shape index (κ1) is 9.95. The van der Waals surface area contributed by atoms with Crippen molar-refractivity contribution in [1.82, 2.24) is 4.98 Å². The topological polar surface area (TPSA) is 60.2 Å². The molecule has 0 aliphatic rings.